The molecular weight excluding hydrogens is 268 g/mol. The Kier molecular flexibility index (Phi) is 4.17. The normalized spacial score (nSPS) is 32.4. The van der Waals surface area contributed by atoms with Crippen LogP contribution in [0.4, 0.5) is 0 Å². The number of aliphatic hydroxyl groups excluding tert-OH is 1. The van der Waals surface area contributed by atoms with Gasteiger partial charge in [-0.15, -0.1) is 0 Å². The van der Waals surface area contributed by atoms with Crippen molar-refractivity contribution in [3.63, 3.8) is 0 Å². The average molecular weight is 290 g/mol. The van der Waals surface area contributed by atoms with Crippen LogP contribution < -0.4 is 5.73 Å². The molecule has 3 N–H and O–H groups in total. The van der Waals surface area contributed by atoms with E-state index in [0.29, 0.717) is 12.8 Å². The molecule has 19 heavy (non-hydrogen) atoms. The van der Waals surface area contributed by atoms with Gasteiger partial charge in [-0.25, -0.2) is 8.42 Å². The van der Waals surface area contributed by atoms with Crippen LogP contribution in [0.5, 0.6) is 0 Å². The lowest BCUT2D eigenvalue weighted by atomic mass is 9.98. The summed E-state index contributed by atoms with van der Waals surface area (Å²) in [5.74, 6) is -0.228. The van der Waals surface area contributed by atoms with Gasteiger partial charge in [0.2, 0.25) is 5.91 Å². The van der Waals surface area contributed by atoms with Gasteiger partial charge in [-0.1, -0.05) is 0 Å². The van der Waals surface area contributed by atoms with Crippen LogP contribution in [0.15, 0.2) is 0 Å². The number of nitrogens with zero attached hydrogens (tertiary/aromatic N) is 1. The molecule has 2 rings (SSSR count). The Morgan fingerprint density at radius 2 is 1.89 bits per heavy atom. The molecule has 0 aliphatic carbocycles. The molecule has 2 aliphatic rings. The summed E-state index contributed by atoms with van der Waals surface area (Å²) < 4.78 is 22.2. The van der Waals surface area contributed by atoms with E-state index in [9.17, 15) is 18.3 Å². The summed E-state index contributed by atoms with van der Waals surface area (Å²) in [6, 6.07) is -0.607. The number of fused-ring (bicyclic) bond motifs is 2. The molecule has 2 fully saturated rings. The Hall–Kier alpha value is -0.660. The maximum Gasteiger partial charge on any atom is 0.240 e. The minimum atomic E-state index is -3.09. The molecule has 3 atom stereocenters. The highest BCUT2D eigenvalue weighted by Gasteiger charge is 2.43. The Balaban J connectivity index is 1.96. The molecule has 2 saturated heterocycles. The topological polar surface area (TPSA) is 101 Å². The van der Waals surface area contributed by atoms with Crippen molar-refractivity contribution in [2.24, 2.45) is 5.73 Å². The Morgan fingerprint density at radius 3 is 2.37 bits per heavy atom. The van der Waals surface area contributed by atoms with Crippen molar-refractivity contribution in [3.05, 3.63) is 0 Å². The highest BCUT2D eigenvalue weighted by Crippen LogP contribution is 2.36. The van der Waals surface area contributed by atoms with Gasteiger partial charge in [0.05, 0.1) is 17.9 Å². The lowest BCUT2D eigenvalue weighted by Gasteiger charge is -2.38. The minimum Gasteiger partial charge on any atom is -0.393 e. The van der Waals surface area contributed by atoms with Gasteiger partial charge in [-0.3, -0.25) is 4.79 Å². The summed E-state index contributed by atoms with van der Waals surface area (Å²) in [6.45, 7) is 0. The predicted octanol–water partition coefficient (Wildman–Crippen LogP) is -0.737. The third-order valence-corrected chi connectivity index (χ3v) is 5.06. The second-order valence-electron chi connectivity index (χ2n) is 5.78. The van der Waals surface area contributed by atoms with Gasteiger partial charge in [0.25, 0.3) is 0 Å². The fourth-order valence-electron chi connectivity index (χ4n) is 3.16. The second-order valence-corrected chi connectivity index (χ2v) is 8.04. The van der Waals surface area contributed by atoms with Crippen LogP contribution >= 0.6 is 0 Å². The van der Waals surface area contributed by atoms with Gasteiger partial charge in [0, 0.05) is 18.3 Å². The van der Waals surface area contributed by atoms with Gasteiger partial charge in [0.1, 0.15) is 9.84 Å². The Morgan fingerprint density at radius 1 is 1.37 bits per heavy atom. The number of aliphatic hydroxyl groups is 1. The molecule has 2 heterocycles. The minimum absolute atomic E-state index is 0.0638. The number of amides is 1. The van der Waals surface area contributed by atoms with Crippen LogP contribution in [0.2, 0.25) is 0 Å². The molecule has 3 unspecified atom stereocenters. The van der Waals surface area contributed by atoms with E-state index in [4.69, 9.17) is 5.73 Å². The summed E-state index contributed by atoms with van der Waals surface area (Å²) in [6.07, 6.45) is 4.02. The fraction of sp³-hybridized carbons (Fsp3) is 0.917. The molecule has 2 bridgehead atoms. The predicted molar refractivity (Wildman–Crippen MR) is 71.2 cm³/mol. The zero-order valence-electron chi connectivity index (χ0n) is 11.2. The lowest BCUT2D eigenvalue weighted by molar-refractivity contribution is -0.138. The van der Waals surface area contributed by atoms with E-state index >= 15 is 0 Å². The van der Waals surface area contributed by atoms with Gasteiger partial charge in [-0.05, 0) is 32.1 Å². The Bertz CT molecular complexity index is 437. The average Bonchev–Trinajstić information content (AvgIpc) is 2.56. The molecule has 2 aliphatic heterocycles. The molecule has 0 spiro atoms. The number of piperidine rings is 1. The maximum absolute atomic E-state index is 12.3. The summed E-state index contributed by atoms with van der Waals surface area (Å²) in [5, 5.41) is 9.69. The van der Waals surface area contributed by atoms with Gasteiger partial charge < -0.3 is 15.7 Å². The van der Waals surface area contributed by atoms with Crippen molar-refractivity contribution < 1.29 is 18.3 Å². The van der Waals surface area contributed by atoms with Gasteiger partial charge >= 0.3 is 0 Å². The number of hydrogen-bond acceptors (Lipinski definition) is 5. The molecular formula is C12H22N2O4S. The van der Waals surface area contributed by atoms with Crippen LogP contribution in [0.1, 0.15) is 32.1 Å². The van der Waals surface area contributed by atoms with Crippen molar-refractivity contribution in [3.8, 4) is 0 Å². The molecule has 0 radical (unpaired) electrons. The van der Waals surface area contributed by atoms with E-state index in [1.165, 1.54) is 0 Å². The highest BCUT2D eigenvalue weighted by molar-refractivity contribution is 7.90. The first kappa shape index (κ1) is 14.7. The van der Waals surface area contributed by atoms with E-state index in [2.05, 4.69) is 0 Å². The monoisotopic (exact) mass is 290 g/mol. The highest BCUT2D eigenvalue weighted by atomic mass is 32.2. The molecule has 1 amide bonds. The molecule has 6 nitrogen and oxygen atoms in total. The second kappa shape index (κ2) is 5.38. The fourth-order valence-corrected chi connectivity index (χ4v) is 3.85. The van der Waals surface area contributed by atoms with E-state index < -0.39 is 15.9 Å². The molecule has 0 aromatic heterocycles. The molecule has 7 heteroatoms. The van der Waals surface area contributed by atoms with Crippen molar-refractivity contribution in [1.82, 2.24) is 4.90 Å². The molecule has 0 aromatic rings. The molecule has 0 aromatic carbocycles. The van der Waals surface area contributed by atoms with Crippen molar-refractivity contribution in [1.29, 1.82) is 0 Å². The number of carbonyl (C=O) groups is 1. The van der Waals surface area contributed by atoms with Gasteiger partial charge in [-0.2, -0.15) is 0 Å². The number of carbonyl (C=O) groups excluding carboxylic acids is 1. The largest absolute Gasteiger partial charge is 0.393 e. The third-order valence-electron chi connectivity index (χ3n) is 4.08. The quantitative estimate of drug-likeness (QED) is 0.710. The first-order valence-corrected chi connectivity index (χ1v) is 8.77. The van der Waals surface area contributed by atoms with Crippen molar-refractivity contribution >= 4 is 15.7 Å². The molecule has 110 valence electrons. The number of nitrogens with two attached hydrogens (primary N) is 1. The van der Waals surface area contributed by atoms with E-state index in [-0.39, 0.29) is 36.3 Å². The summed E-state index contributed by atoms with van der Waals surface area (Å²) in [7, 11) is -3.09. The Labute approximate surface area is 113 Å². The summed E-state index contributed by atoms with van der Waals surface area (Å²) >= 11 is 0. The zero-order chi connectivity index (χ0) is 14.2. The van der Waals surface area contributed by atoms with E-state index in [0.717, 1.165) is 19.1 Å². The number of hydrogen-bond donors (Lipinski definition) is 2. The van der Waals surface area contributed by atoms with Gasteiger partial charge in [0.15, 0.2) is 0 Å². The lowest BCUT2D eigenvalue weighted by Crippen LogP contribution is -2.53. The summed E-state index contributed by atoms with van der Waals surface area (Å²) in [5.41, 5.74) is 5.82. The number of sulfone groups is 1. The zero-order valence-corrected chi connectivity index (χ0v) is 12.0. The van der Waals surface area contributed by atoms with Crippen LogP contribution in [0.3, 0.4) is 0 Å². The van der Waals surface area contributed by atoms with E-state index in [1.54, 1.807) is 4.90 Å². The van der Waals surface area contributed by atoms with Crippen molar-refractivity contribution in [2.75, 3.05) is 12.0 Å². The van der Waals surface area contributed by atoms with Crippen LogP contribution in [-0.4, -0.2) is 60.6 Å². The SMILES string of the molecule is CS(=O)(=O)CCC(N)C(=O)N1C2CCC1CC(O)C2. The molecule has 0 saturated carbocycles. The third kappa shape index (κ3) is 3.46. The van der Waals surface area contributed by atoms with Crippen LogP contribution in [0.25, 0.3) is 0 Å². The van der Waals surface area contributed by atoms with Crippen LogP contribution in [-0.2, 0) is 14.6 Å². The standard InChI is InChI=1S/C12H22N2O4S/c1-19(17,18)5-4-11(13)12(16)14-8-2-3-9(14)7-10(15)6-8/h8-11,15H,2-7,13H2,1H3. The van der Waals surface area contributed by atoms with E-state index in [1.807, 2.05) is 0 Å². The first-order chi connectivity index (χ1) is 8.78. The first-order valence-electron chi connectivity index (χ1n) is 6.71. The summed E-state index contributed by atoms with van der Waals surface area (Å²) in [4.78, 5) is 14.1. The van der Waals surface area contributed by atoms with Crippen molar-refractivity contribution in [2.45, 2.75) is 56.3 Å². The van der Waals surface area contributed by atoms with Crippen LogP contribution in [0, 0.1) is 0 Å². The maximum atomic E-state index is 12.3. The number of rotatable bonds is 4. The smallest absolute Gasteiger partial charge is 0.240 e.